The lowest BCUT2D eigenvalue weighted by molar-refractivity contribution is -0.137. The van der Waals surface area contributed by atoms with Gasteiger partial charge in [0.2, 0.25) is 0 Å². The monoisotopic (exact) mass is 542 g/mol. The minimum atomic E-state index is -0.240. The van der Waals surface area contributed by atoms with Gasteiger partial charge >= 0.3 is 0 Å². The van der Waals surface area contributed by atoms with Crippen molar-refractivity contribution in [2.75, 3.05) is 39.5 Å². The highest BCUT2D eigenvalue weighted by Crippen LogP contribution is 2.28. The van der Waals surface area contributed by atoms with E-state index in [1.54, 1.807) is 35.4 Å². The molecule has 0 saturated carbocycles. The number of aryl methyl sites for hydroxylation is 1. The number of rotatable bonds is 8. The van der Waals surface area contributed by atoms with Gasteiger partial charge in [0.15, 0.2) is 18.1 Å². The highest BCUT2D eigenvalue weighted by atomic mass is 79.9. The van der Waals surface area contributed by atoms with Crippen molar-refractivity contribution >= 4 is 39.0 Å². The molecule has 35 heavy (non-hydrogen) atoms. The topological polar surface area (TPSA) is 95.2 Å². The average Bonchev–Trinajstić information content (AvgIpc) is 2.88. The lowest BCUT2D eigenvalue weighted by Gasteiger charge is -2.26. The Balaban J connectivity index is 1.56. The van der Waals surface area contributed by atoms with Crippen LogP contribution in [0.15, 0.2) is 50.8 Å². The lowest BCUT2D eigenvalue weighted by atomic mass is 10.2. The van der Waals surface area contributed by atoms with Crippen LogP contribution in [0.2, 0.25) is 0 Å². The summed E-state index contributed by atoms with van der Waals surface area (Å²) in [6, 6.07) is 10.7. The molecule has 1 aromatic heterocycles. The molecule has 9 nitrogen and oxygen atoms in total. The first-order chi connectivity index (χ1) is 17.0. The summed E-state index contributed by atoms with van der Waals surface area (Å²) in [4.78, 5) is 31.8. The minimum absolute atomic E-state index is 0.0823. The predicted octanol–water partition coefficient (Wildman–Crippen LogP) is 3.24. The number of morpholine rings is 1. The second kappa shape index (κ2) is 11.5. The van der Waals surface area contributed by atoms with E-state index in [1.165, 1.54) is 4.68 Å². The fraction of sp³-hybridized carbons (Fsp3) is 0.360. The third-order valence-electron chi connectivity index (χ3n) is 5.50. The van der Waals surface area contributed by atoms with Crippen LogP contribution in [0.25, 0.3) is 10.9 Å². The van der Waals surface area contributed by atoms with E-state index in [9.17, 15) is 9.59 Å². The first-order valence-electron chi connectivity index (χ1n) is 11.5. The number of aromatic nitrogens is 2. The number of halogens is 1. The van der Waals surface area contributed by atoms with Gasteiger partial charge < -0.3 is 19.1 Å². The van der Waals surface area contributed by atoms with Crippen LogP contribution in [0.4, 0.5) is 0 Å². The molecular formula is C25H27BrN4O5. The summed E-state index contributed by atoms with van der Waals surface area (Å²) in [6.45, 7) is 6.35. The standard InChI is InChI=1S/C25H27BrN4O5/c1-3-23-28-20-7-6-18(26)14-19(20)25(32)30(23)27-15-17-5-8-21(22(13-17)34-4-2)35-16-24(31)29-9-11-33-12-10-29/h5-8,13-15H,3-4,9-12,16H2,1-2H3. The summed E-state index contributed by atoms with van der Waals surface area (Å²) >= 11 is 3.41. The molecule has 0 N–H and O–H groups in total. The van der Waals surface area contributed by atoms with Crippen LogP contribution in [0.3, 0.4) is 0 Å². The molecule has 4 rings (SSSR count). The van der Waals surface area contributed by atoms with E-state index in [2.05, 4.69) is 26.0 Å². The molecule has 2 aromatic carbocycles. The van der Waals surface area contributed by atoms with Gasteiger partial charge in [-0.1, -0.05) is 22.9 Å². The zero-order chi connectivity index (χ0) is 24.8. The highest BCUT2D eigenvalue weighted by molar-refractivity contribution is 9.10. The number of carbonyl (C=O) groups is 1. The molecule has 0 spiro atoms. The molecule has 1 amide bonds. The SMILES string of the molecule is CCOc1cc(C=Nn2c(CC)nc3ccc(Br)cc3c2=O)ccc1OCC(=O)N1CCOCC1. The zero-order valence-corrected chi connectivity index (χ0v) is 21.3. The third-order valence-corrected chi connectivity index (χ3v) is 5.99. The average molecular weight is 543 g/mol. The number of carbonyl (C=O) groups excluding carboxylic acids is 1. The van der Waals surface area contributed by atoms with E-state index in [0.29, 0.717) is 73.1 Å². The van der Waals surface area contributed by atoms with Gasteiger partial charge in [-0.05, 0) is 48.9 Å². The fourth-order valence-electron chi connectivity index (χ4n) is 3.70. The number of ether oxygens (including phenoxy) is 3. The molecule has 1 aliphatic rings. The number of amides is 1. The number of nitrogens with zero attached hydrogens (tertiary/aromatic N) is 4. The van der Waals surface area contributed by atoms with E-state index < -0.39 is 0 Å². The molecule has 0 bridgehead atoms. The van der Waals surface area contributed by atoms with Crippen LogP contribution < -0.4 is 15.0 Å². The first-order valence-corrected chi connectivity index (χ1v) is 12.3. The Bertz CT molecular complexity index is 1300. The molecule has 0 unspecified atom stereocenters. The Morgan fingerprint density at radius 2 is 1.94 bits per heavy atom. The van der Waals surface area contributed by atoms with E-state index >= 15 is 0 Å². The molecule has 10 heteroatoms. The van der Waals surface area contributed by atoms with Gasteiger partial charge in [-0.15, -0.1) is 0 Å². The second-order valence-electron chi connectivity index (χ2n) is 7.83. The molecule has 2 heterocycles. The second-order valence-corrected chi connectivity index (χ2v) is 8.74. The van der Waals surface area contributed by atoms with Crippen molar-refractivity contribution in [1.29, 1.82) is 0 Å². The van der Waals surface area contributed by atoms with Gasteiger partial charge in [-0.3, -0.25) is 9.59 Å². The Labute approximate surface area is 211 Å². The van der Waals surface area contributed by atoms with E-state index in [0.717, 1.165) is 4.47 Å². The Hall–Kier alpha value is -3.24. The lowest BCUT2D eigenvalue weighted by Crippen LogP contribution is -2.43. The van der Waals surface area contributed by atoms with Crippen LogP contribution in [0.5, 0.6) is 11.5 Å². The number of hydrogen-bond acceptors (Lipinski definition) is 7. The van der Waals surface area contributed by atoms with Crippen LogP contribution in [-0.2, 0) is 16.0 Å². The van der Waals surface area contributed by atoms with Crippen molar-refractivity contribution in [3.63, 3.8) is 0 Å². The molecule has 0 aliphatic carbocycles. The summed E-state index contributed by atoms with van der Waals surface area (Å²) in [5.41, 5.74) is 1.10. The van der Waals surface area contributed by atoms with Crippen LogP contribution >= 0.6 is 15.9 Å². The Kier molecular flexibility index (Phi) is 8.14. The van der Waals surface area contributed by atoms with Gasteiger partial charge in [0.05, 0.1) is 36.9 Å². The maximum Gasteiger partial charge on any atom is 0.282 e. The van der Waals surface area contributed by atoms with Crippen molar-refractivity contribution in [3.05, 3.63) is 62.6 Å². The Morgan fingerprint density at radius 1 is 1.14 bits per heavy atom. The smallest absolute Gasteiger partial charge is 0.282 e. The van der Waals surface area contributed by atoms with Gasteiger partial charge in [-0.25, -0.2) is 4.98 Å². The maximum atomic E-state index is 13.1. The van der Waals surface area contributed by atoms with Crippen molar-refractivity contribution in [2.45, 2.75) is 20.3 Å². The van der Waals surface area contributed by atoms with E-state index in [1.807, 2.05) is 26.0 Å². The first kappa shape index (κ1) is 24.9. The molecule has 1 fully saturated rings. The van der Waals surface area contributed by atoms with Crippen molar-refractivity contribution in [3.8, 4) is 11.5 Å². The largest absolute Gasteiger partial charge is 0.490 e. The van der Waals surface area contributed by atoms with Gasteiger partial charge in [0.25, 0.3) is 11.5 Å². The number of benzene rings is 2. The fourth-order valence-corrected chi connectivity index (χ4v) is 4.06. The summed E-state index contributed by atoms with van der Waals surface area (Å²) in [5, 5.41) is 4.91. The molecule has 1 aliphatic heterocycles. The molecule has 0 atom stereocenters. The summed E-state index contributed by atoms with van der Waals surface area (Å²) in [5.74, 6) is 1.43. The summed E-state index contributed by atoms with van der Waals surface area (Å²) < 4.78 is 18.9. The zero-order valence-electron chi connectivity index (χ0n) is 19.7. The quantitative estimate of drug-likeness (QED) is 0.405. The van der Waals surface area contributed by atoms with E-state index in [4.69, 9.17) is 14.2 Å². The van der Waals surface area contributed by atoms with Crippen molar-refractivity contribution in [2.24, 2.45) is 5.10 Å². The predicted molar refractivity (Wildman–Crippen MR) is 137 cm³/mol. The van der Waals surface area contributed by atoms with Gasteiger partial charge in [-0.2, -0.15) is 9.78 Å². The van der Waals surface area contributed by atoms with Crippen LogP contribution in [0.1, 0.15) is 25.2 Å². The molecule has 0 radical (unpaired) electrons. The third kappa shape index (κ3) is 5.88. The van der Waals surface area contributed by atoms with Crippen LogP contribution in [0, 0.1) is 0 Å². The van der Waals surface area contributed by atoms with Crippen molar-refractivity contribution in [1.82, 2.24) is 14.6 Å². The maximum absolute atomic E-state index is 13.1. The molecule has 3 aromatic rings. The van der Waals surface area contributed by atoms with Gasteiger partial charge in [0, 0.05) is 24.0 Å². The minimum Gasteiger partial charge on any atom is -0.490 e. The normalized spacial score (nSPS) is 14.0. The number of hydrogen-bond donors (Lipinski definition) is 0. The highest BCUT2D eigenvalue weighted by Gasteiger charge is 2.18. The summed E-state index contributed by atoms with van der Waals surface area (Å²) in [7, 11) is 0. The van der Waals surface area contributed by atoms with Gasteiger partial charge in [0.1, 0.15) is 5.82 Å². The number of fused-ring (bicyclic) bond motifs is 1. The molecular weight excluding hydrogens is 516 g/mol. The van der Waals surface area contributed by atoms with Crippen molar-refractivity contribution < 1.29 is 19.0 Å². The molecule has 184 valence electrons. The summed E-state index contributed by atoms with van der Waals surface area (Å²) in [6.07, 6.45) is 2.13. The Morgan fingerprint density at radius 3 is 2.69 bits per heavy atom. The van der Waals surface area contributed by atoms with Crippen LogP contribution in [-0.4, -0.2) is 66.2 Å². The van der Waals surface area contributed by atoms with E-state index in [-0.39, 0.29) is 18.1 Å². The molecule has 1 saturated heterocycles.